The van der Waals surface area contributed by atoms with Crippen molar-refractivity contribution in [1.82, 2.24) is 21.1 Å². The first-order valence-electron chi connectivity index (χ1n) is 10.9. The molecule has 2 aliphatic rings. The topological polar surface area (TPSA) is 82.7 Å². The van der Waals surface area contributed by atoms with Crippen LogP contribution in [0.4, 0.5) is 0 Å². The van der Waals surface area contributed by atoms with Crippen LogP contribution in [-0.4, -0.2) is 49.5 Å². The molecule has 2 fully saturated rings. The van der Waals surface area contributed by atoms with Crippen LogP contribution in [0, 0.1) is 5.92 Å². The lowest BCUT2D eigenvalue weighted by molar-refractivity contribution is -0.131. The minimum absolute atomic E-state index is 0.0382. The van der Waals surface area contributed by atoms with Crippen LogP contribution in [0.5, 0.6) is 5.75 Å². The van der Waals surface area contributed by atoms with E-state index in [0.717, 1.165) is 29.7 Å². The molecule has 0 spiro atoms. The summed E-state index contributed by atoms with van der Waals surface area (Å²) in [6.07, 6.45) is 1.87. The predicted molar refractivity (Wildman–Crippen MR) is 118 cm³/mol. The number of piperidine rings is 1. The van der Waals surface area contributed by atoms with Gasteiger partial charge in [0.25, 0.3) is 0 Å². The van der Waals surface area contributed by atoms with Gasteiger partial charge in [-0.15, -0.1) is 0 Å². The maximum absolute atomic E-state index is 12.9. The van der Waals surface area contributed by atoms with Gasteiger partial charge in [-0.3, -0.25) is 15.0 Å². The maximum Gasteiger partial charge on any atom is 0.227 e. The van der Waals surface area contributed by atoms with Gasteiger partial charge in [-0.25, -0.2) is 5.43 Å². The first-order valence-corrected chi connectivity index (χ1v) is 10.9. The zero-order valence-corrected chi connectivity index (χ0v) is 17.8. The summed E-state index contributed by atoms with van der Waals surface area (Å²) in [5.74, 6) is 0.741. The zero-order chi connectivity index (χ0) is 21.6. The van der Waals surface area contributed by atoms with E-state index in [9.17, 15) is 9.59 Å². The summed E-state index contributed by atoms with van der Waals surface area (Å²) in [5.41, 5.74) is 8.34. The van der Waals surface area contributed by atoms with E-state index >= 15 is 0 Å². The number of methoxy groups -OCH3 is 1. The summed E-state index contributed by atoms with van der Waals surface area (Å²) in [5, 5.41) is 3.21. The lowest BCUT2D eigenvalue weighted by atomic mass is 9.93. The molecule has 4 rings (SSSR count). The lowest BCUT2D eigenvalue weighted by Gasteiger charge is -2.33. The van der Waals surface area contributed by atoms with Crippen molar-refractivity contribution in [2.75, 3.05) is 26.7 Å². The van der Waals surface area contributed by atoms with Crippen LogP contribution < -0.4 is 20.9 Å². The molecule has 0 radical (unpaired) electrons. The molecule has 7 nitrogen and oxygen atoms in total. The van der Waals surface area contributed by atoms with Crippen molar-refractivity contribution in [1.29, 1.82) is 0 Å². The van der Waals surface area contributed by atoms with Gasteiger partial charge >= 0.3 is 0 Å². The number of ether oxygens (including phenoxy) is 1. The Morgan fingerprint density at radius 3 is 2.52 bits per heavy atom. The number of nitrogens with zero attached hydrogens (tertiary/aromatic N) is 1. The number of benzene rings is 2. The average molecular weight is 423 g/mol. The molecule has 0 aromatic heterocycles. The van der Waals surface area contributed by atoms with E-state index in [2.05, 4.69) is 16.2 Å². The van der Waals surface area contributed by atoms with E-state index < -0.39 is 0 Å². The number of carbonyl (C=O) groups is 2. The number of amides is 2. The van der Waals surface area contributed by atoms with Crippen molar-refractivity contribution in [2.24, 2.45) is 5.92 Å². The molecule has 2 aromatic carbocycles. The smallest absolute Gasteiger partial charge is 0.227 e. The number of hydrogen-bond donors (Lipinski definition) is 3. The fourth-order valence-electron chi connectivity index (χ4n) is 4.42. The molecule has 0 saturated carbocycles. The SMILES string of the molecule is COc1ccccc1CC(=O)N1CCC(NC(=O)C2CNNC2c2ccccc2)CC1. The highest BCUT2D eigenvalue weighted by Crippen LogP contribution is 2.25. The molecule has 0 bridgehead atoms. The quantitative estimate of drug-likeness (QED) is 0.662. The van der Waals surface area contributed by atoms with E-state index in [1.54, 1.807) is 7.11 Å². The molecule has 7 heteroatoms. The number of likely N-dealkylation sites (tertiary alicyclic amines) is 1. The van der Waals surface area contributed by atoms with Crippen molar-refractivity contribution < 1.29 is 14.3 Å². The van der Waals surface area contributed by atoms with Crippen LogP contribution in [0.1, 0.15) is 30.0 Å². The number of hydrazine groups is 1. The summed E-state index contributed by atoms with van der Waals surface area (Å²) >= 11 is 0. The van der Waals surface area contributed by atoms with Crippen LogP contribution in [0.3, 0.4) is 0 Å². The molecule has 2 unspecified atom stereocenters. The second kappa shape index (κ2) is 9.94. The largest absolute Gasteiger partial charge is 0.496 e. The molecule has 0 aliphatic carbocycles. The maximum atomic E-state index is 12.9. The highest BCUT2D eigenvalue weighted by molar-refractivity contribution is 5.81. The van der Waals surface area contributed by atoms with Crippen LogP contribution in [0.25, 0.3) is 0 Å². The molecule has 2 atom stereocenters. The van der Waals surface area contributed by atoms with Crippen molar-refractivity contribution in [3.8, 4) is 5.75 Å². The van der Waals surface area contributed by atoms with Gasteiger partial charge in [0.1, 0.15) is 5.75 Å². The van der Waals surface area contributed by atoms with E-state index in [1.165, 1.54) is 0 Å². The Labute approximate surface area is 183 Å². The number of para-hydroxylation sites is 1. The fraction of sp³-hybridized carbons (Fsp3) is 0.417. The number of hydrogen-bond acceptors (Lipinski definition) is 5. The number of carbonyl (C=O) groups excluding carboxylic acids is 2. The Hall–Kier alpha value is -2.90. The normalized spacial score (nSPS) is 21.6. The fourth-order valence-corrected chi connectivity index (χ4v) is 4.42. The van der Waals surface area contributed by atoms with Gasteiger partial charge in [0, 0.05) is 31.2 Å². The minimum atomic E-state index is -0.160. The van der Waals surface area contributed by atoms with Crippen molar-refractivity contribution in [3.63, 3.8) is 0 Å². The third kappa shape index (κ3) is 5.06. The summed E-state index contributed by atoms with van der Waals surface area (Å²) in [6, 6.07) is 17.7. The highest BCUT2D eigenvalue weighted by Gasteiger charge is 2.35. The van der Waals surface area contributed by atoms with Crippen LogP contribution >= 0.6 is 0 Å². The standard InChI is InChI=1S/C24H30N4O3/c1-31-21-10-6-5-9-18(21)15-22(29)28-13-11-19(12-14-28)26-24(30)20-16-25-27-23(20)17-7-3-2-4-8-17/h2-10,19-20,23,25,27H,11-16H2,1H3,(H,26,30). The Morgan fingerprint density at radius 2 is 1.77 bits per heavy atom. The van der Waals surface area contributed by atoms with Crippen molar-refractivity contribution >= 4 is 11.8 Å². The zero-order valence-electron chi connectivity index (χ0n) is 17.8. The number of nitrogens with one attached hydrogen (secondary N) is 3. The lowest BCUT2D eigenvalue weighted by Crippen LogP contribution is -2.49. The van der Waals surface area contributed by atoms with Gasteiger partial charge in [0.15, 0.2) is 0 Å². The van der Waals surface area contributed by atoms with E-state index in [4.69, 9.17) is 4.74 Å². The second-order valence-electron chi connectivity index (χ2n) is 8.17. The Kier molecular flexibility index (Phi) is 6.84. The molecule has 2 saturated heterocycles. The van der Waals surface area contributed by atoms with Gasteiger partial charge < -0.3 is 15.0 Å². The molecule has 2 aliphatic heterocycles. The molecule has 2 heterocycles. The highest BCUT2D eigenvalue weighted by atomic mass is 16.5. The molecular weight excluding hydrogens is 392 g/mol. The Balaban J connectivity index is 1.28. The van der Waals surface area contributed by atoms with Crippen LogP contribution in [0.2, 0.25) is 0 Å². The molecule has 2 aromatic rings. The molecule has 31 heavy (non-hydrogen) atoms. The first-order chi connectivity index (χ1) is 15.2. The average Bonchev–Trinajstić information content (AvgIpc) is 3.31. The molecule has 2 amide bonds. The van der Waals surface area contributed by atoms with E-state index in [-0.39, 0.29) is 29.8 Å². The van der Waals surface area contributed by atoms with Crippen molar-refractivity contribution in [3.05, 3.63) is 65.7 Å². The minimum Gasteiger partial charge on any atom is -0.496 e. The van der Waals surface area contributed by atoms with E-state index in [0.29, 0.717) is 26.1 Å². The van der Waals surface area contributed by atoms with Gasteiger partial charge in [-0.1, -0.05) is 48.5 Å². The van der Waals surface area contributed by atoms with Crippen LogP contribution in [-0.2, 0) is 16.0 Å². The summed E-state index contributed by atoms with van der Waals surface area (Å²) in [4.78, 5) is 27.6. The molecule has 164 valence electrons. The number of rotatable bonds is 6. The van der Waals surface area contributed by atoms with Gasteiger partial charge in [0.2, 0.25) is 11.8 Å². The Bertz CT molecular complexity index is 897. The predicted octanol–water partition coefficient (Wildman–Crippen LogP) is 1.81. The Morgan fingerprint density at radius 1 is 1.06 bits per heavy atom. The van der Waals surface area contributed by atoms with Crippen LogP contribution in [0.15, 0.2) is 54.6 Å². The van der Waals surface area contributed by atoms with Gasteiger partial charge in [0.05, 0.1) is 25.5 Å². The van der Waals surface area contributed by atoms with Crippen molar-refractivity contribution in [2.45, 2.75) is 31.3 Å². The third-order valence-electron chi connectivity index (χ3n) is 6.21. The summed E-state index contributed by atoms with van der Waals surface area (Å²) < 4.78 is 5.36. The molecule has 3 N–H and O–H groups in total. The summed E-state index contributed by atoms with van der Waals surface area (Å²) in [7, 11) is 1.62. The van der Waals surface area contributed by atoms with Gasteiger partial charge in [-0.2, -0.15) is 0 Å². The third-order valence-corrected chi connectivity index (χ3v) is 6.21. The monoisotopic (exact) mass is 422 g/mol. The van der Waals surface area contributed by atoms with Gasteiger partial charge in [-0.05, 0) is 24.5 Å². The second-order valence-corrected chi connectivity index (χ2v) is 8.17. The van der Waals surface area contributed by atoms with E-state index in [1.807, 2.05) is 59.5 Å². The molecular formula is C24H30N4O3. The first kappa shape index (κ1) is 21.3. The summed E-state index contributed by atoms with van der Waals surface area (Å²) in [6.45, 7) is 1.91.